The molecule has 0 aliphatic carbocycles. The monoisotopic (exact) mass is 266 g/mol. The second kappa shape index (κ2) is 4.79. The molecule has 0 saturated carbocycles. The number of hydrogen-bond acceptors (Lipinski definition) is 4. The second-order valence-corrected chi connectivity index (χ2v) is 4.42. The number of hydrogen-bond donors (Lipinski definition) is 2. The lowest BCUT2D eigenvalue weighted by Crippen LogP contribution is -2.42. The van der Waals surface area contributed by atoms with E-state index in [0.717, 1.165) is 0 Å². The Labute approximate surface area is 109 Å². The van der Waals surface area contributed by atoms with Crippen molar-refractivity contribution in [1.29, 1.82) is 0 Å². The lowest BCUT2D eigenvalue weighted by atomic mass is 9.73. The van der Waals surface area contributed by atoms with Gasteiger partial charge in [0.25, 0.3) is 0 Å². The van der Waals surface area contributed by atoms with Gasteiger partial charge in [-0.15, -0.1) is 0 Å². The van der Waals surface area contributed by atoms with Crippen molar-refractivity contribution in [2.75, 3.05) is 13.7 Å². The summed E-state index contributed by atoms with van der Waals surface area (Å²) in [5.74, 6) is -1.44. The molecule has 0 fully saturated rings. The van der Waals surface area contributed by atoms with Crippen LogP contribution < -0.4 is 9.47 Å². The Kier molecular flexibility index (Phi) is 3.33. The molecule has 1 aromatic carbocycles. The predicted molar refractivity (Wildman–Crippen MR) is 64.7 cm³/mol. The first-order chi connectivity index (χ1) is 8.99. The molecule has 0 spiro atoms. The predicted octanol–water partition coefficient (Wildman–Crippen LogP) is 1.27. The highest BCUT2D eigenvalue weighted by Gasteiger charge is 2.46. The van der Waals surface area contributed by atoms with Crippen molar-refractivity contribution in [1.82, 2.24) is 0 Å². The average molecular weight is 266 g/mol. The van der Waals surface area contributed by atoms with Crippen LogP contribution >= 0.6 is 0 Å². The minimum atomic E-state index is -1.46. The van der Waals surface area contributed by atoms with Crippen LogP contribution in [0.1, 0.15) is 18.4 Å². The molecule has 6 heteroatoms. The Morgan fingerprint density at radius 2 is 2.16 bits per heavy atom. The number of aliphatic carboxylic acids is 2. The molecule has 6 nitrogen and oxygen atoms in total. The van der Waals surface area contributed by atoms with Gasteiger partial charge in [0.15, 0.2) is 0 Å². The van der Waals surface area contributed by atoms with Crippen molar-refractivity contribution in [3.63, 3.8) is 0 Å². The molecule has 19 heavy (non-hydrogen) atoms. The van der Waals surface area contributed by atoms with Gasteiger partial charge in [0, 0.05) is 12.0 Å². The first-order valence-corrected chi connectivity index (χ1v) is 5.76. The number of fused-ring (bicyclic) bond motifs is 1. The van der Waals surface area contributed by atoms with E-state index in [-0.39, 0.29) is 13.0 Å². The molecule has 1 unspecified atom stereocenters. The smallest absolute Gasteiger partial charge is 0.315 e. The van der Waals surface area contributed by atoms with Crippen LogP contribution in [0.5, 0.6) is 11.5 Å². The summed E-state index contributed by atoms with van der Waals surface area (Å²) in [6.45, 7) is 0.179. The van der Waals surface area contributed by atoms with E-state index in [1.807, 2.05) is 0 Å². The molecule has 1 aliphatic heterocycles. The lowest BCUT2D eigenvalue weighted by Gasteiger charge is -2.34. The molecular weight excluding hydrogens is 252 g/mol. The van der Waals surface area contributed by atoms with Crippen molar-refractivity contribution in [2.24, 2.45) is 0 Å². The minimum absolute atomic E-state index is 0.120. The van der Waals surface area contributed by atoms with E-state index in [0.29, 0.717) is 17.1 Å². The third kappa shape index (κ3) is 2.21. The van der Waals surface area contributed by atoms with Crippen LogP contribution in [0.15, 0.2) is 18.2 Å². The van der Waals surface area contributed by atoms with Gasteiger partial charge in [0.05, 0.1) is 20.1 Å². The van der Waals surface area contributed by atoms with E-state index < -0.39 is 23.8 Å². The number of benzene rings is 1. The largest absolute Gasteiger partial charge is 0.497 e. The van der Waals surface area contributed by atoms with E-state index in [4.69, 9.17) is 14.6 Å². The number of methoxy groups -OCH3 is 1. The molecule has 2 rings (SSSR count). The Hall–Kier alpha value is -2.24. The number of rotatable bonds is 4. The maximum Gasteiger partial charge on any atom is 0.315 e. The van der Waals surface area contributed by atoms with Crippen LogP contribution in [-0.2, 0) is 15.0 Å². The Morgan fingerprint density at radius 1 is 1.42 bits per heavy atom. The fourth-order valence-electron chi connectivity index (χ4n) is 2.35. The van der Waals surface area contributed by atoms with Gasteiger partial charge in [0.1, 0.15) is 16.9 Å². The molecule has 0 amide bonds. The van der Waals surface area contributed by atoms with Gasteiger partial charge >= 0.3 is 11.9 Å². The first-order valence-electron chi connectivity index (χ1n) is 5.76. The summed E-state index contributed by atoms with van der Waals surface area (Å²) in [4.78, 5) is 22.6. The highest BCUT2D eigenvalue weighted by molar-refractivity contribution is 5.88. The molecule has 1 atom stereocenters. The summed E-state index contributed by atoms with van der Waals surface area (Å²) < 4.78 is 10.5. The molecule has 1 aliphatic rings. The molecule has 0 saturated heterocycles. The zero-order chi connectivity index (χ0) is 14.0. The van der Waals surface area contributed by atoms with E-state index in [2.05, 4.69) is 0 Å². The third-order valence-electron chi connectivity index (χ3n) is 3.35. The highest BCUT2D eigenvalue weighted by Crippen LogP contribution is 2.43. The summed E-state index contributed by atoms with van der Waals surface area (Å²) in [5.41, 5.74) is -1.11. The van der Waals surface area contributed by atoms with Crippen molar-refractivity contribution in [2.45, 2.75) is 18.3 Å². The molecule has 2 N–H and O–H groups in total. The van der Waals surface area contributed by atoms with Crippen molar-refractivity contribution in [3.05, 3.63) is 23.8 Å². The summed E-state index contributed by atoms with van der Waals surface area (Å²) in [7, 11) is 1.46. The van der Waals surface area contributed by atoms with Crippen molar-refractivity contribution >= 4 is 11.9 Å². The SMILES string of the molecule is COc1ccc2c(c1)C(CC(=O)O)(C(=O)O)CCO2. The standard InChI is InChI=1S/C13H14O6/c1-18-8-2-3-10-9(6-8)13(12(16)17,4-5-19-10)7-11(14)15/h2-3,6H,4-5,7H2,1H3,(H,14,15)(H,16,17). The maximum atomic E-state index is 11.6. The van der Waals surface area contributed by atoms with E-state index in [1.54, 1.807) is 12.1 Å². The summed E-state index contributed by atoms with van der Waals surface area (Å²) >= 11 is 0. The topological polar surface area (TPSA) is 93.1 Å². The quantitative estimate of drug-likeness (QED) is 0.852. The summed E-state index contributed by atoms with van der Waals surface area (Å²) in [6, 6.07) is 4.79. The number of carbonyl (C=O) groups is 2. The Morgan fingerprint density at radius 3 is 2.74 bits per heavy atom. The fourth-order valence-corrected chi connectivity index (χ4v) is 2.35. The van der Waals surface area contributed by atoms with Gasteiger partial charge in [-0.25, -0.2) is 0 Å². The zero-order valence-corrected chi connectivity index (χ0v) is 10.4. The minimum Gasteiger partial charge on any atom is -0.497 e. The van der Waals surface area contributed by atoms with E-state index >= 15 is 0 Å². The first kappa shape index (κ1) is 13.2. The van der Waals surface area contributed by atoms with Crippen LogP contribution in [-0.4, -0.2) is 35.9 Å². The summed E-state index contributed by atoms with van der Waals surface area (Å²) in [5, 5.41) is 18.5. The van der Waals surface area contributed by atoms with Gasteiger partial charge in [-0.2, -0.15) is 0 Å². The number of ether oxygens (including phenoxy) is 2. The van der Waals surface area contributed by atoms with Crippen molar-refractivity contribution < 1.29 is 29.3 Å². The second-order valence-electron chi connectivity index (χ2n) is 4.42. The number of carboxylic acids is 2. The van der Waals surface area contributed by atoms with Gasteiger partial charge in [-0.05, 0) is 18.2 Å². The Balaban J connectivity index is 2.59. The third-order valence-corrected chi connectivity index (χ3v) is 3.35. The van der Waals surface area contributed by atoms with Crippen molar-refractivity contribution in [3.8, 4) is 11.5 Å². The fraction of sp³-hybridized carbons (Fsp3) is 0.385. The number of carboxylic acid groups (broad SMARTS) is 2. The molecule has 1 heterocycles. The van der Waals surface area contributed by atoms with Crippen LogP contribution in [0.25, 0.3) is 0 Å². The van der Waals surface area contributed by atoms with Crippen LogP contribution in [0.4, 0.5) is 0 Å². The molecule has 0 radical (unpaired) electrons. The van der Waals surface area contributed by atoms with Gasteiger partial charge < -0.3 is 19.7 Å². The molecule has 0 aromatic heterocycles. The Bertz CT molecular complexity index is 524. The van der Waals surface area contributed by atoms with Gasteiger partial charge in [-0.3, -0.25) is 9.59 Å². The maximum absolute atomic E-state index is 11.6. The van der Waals surface area contributed by atoms with Crippen LogP contribution in [0, 0.1) is 0 Å². The zero-order valence-electron chi connectivity index (χ0n) is 10.4. The summed E-state index contributed by atoms with van der Waals surface area (Å²) in [6.07, 6.45) is -0.360. The normalized spacial score (nSPS) is 21.1. The average Bonchev–Trinajstić information content (AvgIpc) is 2.37. The van der Waals surface area contributed by atoms with E-state index in [9.17, 15) is 14.7 Å². The van der Waals surface area contributed by atoms with Gasteiger partial charge in [-0.1, -0.05) is 0 Å². The molecule has 1 aromatic rings. The molecule has 102 valence electrons. The van der Waals surface area contributed by atoms with E-state index in [1.165, 1.54) is 13.2 Å². The van der Waals surface area contributed by atoms with Crippen LogP contribution in [0.3, 0.4) is 0 Å². The van der Waals surface area contributed by atoms with Crippen LogP contribution in [0.2, 0.25) is 0 Å². The highest BCUT2D eigenvalue weighted by atomic mass is 16.5. The molecular formula is C13H14O6. The van der Waals surface area contributed by atoms with Gasteiger partial charge in [0.2, 0.25) is 0 Å². The lowest BCUT2D eigenvalue weighted by molar-refractivity contribution is -0.151. The molecule has 0 bridgehead atoms.